The molecule has 0 fully saturated rings. The molecule has 0 saturated carbocycles. The molecule has 0 saturated heterocycles. The highest BCUT2D eigenvalue weighted by atomic mass is 28.3. The Kier molecular flexibility index (Phi) is 27.6. The first-order valence-corrected chi connectivity index (χ1v) is 64.6. The molecule has 21 aromatic carbocycles. The Hall–Kier alpha value is -15.7. The Morgan fingerprint density at radius 2 is 0.238 bits per heavy atom. The van der Waals surface area contributed by atoms with Crippen LogP contribution in [0.4, 0.5) is 34.1 Å². The number of benzene rings is 21. The highest BCUT2D eigenvalue weighted by Gasteiger charge is 2.44. The highest BCUT2D eigenvalue weighted by molar-refractivity contribution is 7.20. The van der Waals surface area contributed by atoms with Gasteiger partial charge >= 0.3 is 0 Å². The average molecular weight is 1920 g/mol. The van der Waals surface area contributed by atoms with Crippen LogP contribution in [0.5, 0.6) is 0 Å². The summed E-state index contributed by atoms with van der Waals surface area (Å²) < 4.78 is 0. The van der Waals surface area contributed by atoms with Crippen molar-refractivity contribution in [2.24, 2.45) is 0 Å². The smallest absolute Gasteiger partial charge is 0.179 e. The SMILES string of the molecule is C[Si](C)(C)c1ccc(-c2ccc(N(c3ccc(-c4ccc([Si](C)(C)C)cc4)cc3)c3ccc(-c4ccc([Si](C)(C)C)cc4)cc3)cc2)cc1.c1ccc(C(c2ccccc2)(c2ccccc2)c2ccc(-c3ccc(N(c4ccc(-c5ccc([Si](c6ccccc6)(c6ccccc6)c6ccccc6)cc5)cc4)c4ccc(-c5ccc([Si](c6ccccc6)(c6ccccc6)c6ccccc6)cc5)cc4)cc3)cc2)cc1. The maximum absolute atomic E-state index is 2.68. The van der Waals surface area contributed by atoms with Crippen LogP contribution in [-0.4, -0.2) is 40.4 Å². The summed E-state index contributed by atoms with van der Waals surface area (Å²) in [7, 11) is -9.35. The minimum Gasteiger partial charge on any atom is -0.311 e. The summed E-state index contributed by atoms with van der Waals surface area (Å²) in [6.45, 7) is 21.6. The van der Waals surface area contributed by atoms with Gasteiger partial charge in [-0.3, -0.25) is 0 Å². The lowest BCUT2D eigenvalue weighted by molar-refractivity contribution is 0.745. The van der Waals surface area contributed by atoms with Crippen molar-refractivity contribution in [2.45, 2.75) is 64.3 Å². The molecule has 0 bridgehead atoms. The van der Waals surface area contributed by atoms with E-state index in [9.17, 15) is 0 Å². The van der Waals surface area contributed by atoms with E-state index < -0.39 is 45.8 Å². The van der Waals surface area contributed by atoms with E-state index in [2.05, 4.69) is 633 Å². The highest BCUT2D eigenvalue weighted by Crippen LogP contribution is 2.47. The molecule has 0 spiro atoms. The third kappa shape index (κ3) is 19.8. The molecule has 0 unspecified atom stereocenters. The first-order valence-electron chi connectivity index (χ1n) is 50.1. The zero-order valence-electron chi connectivity index (χ0n) is 83.1. The Labute approximate surface area is 852 Å². The standard InChI is InChI=1S/C91H69NSi2.C45H51NSi3/c1-10-28-76(29-11-1)91(77-30-12-2-13-31-77,78-32-14-3-15-33-78)79-58-46-70(47-59-79)71-48-60-80(61-49-71)92(81-62-50-72(51-63-81)74-54-66-89(67-55-74)93(83-34-16-4-17-35-83,84-36-18-5-19-37-84)85-38-20-6-21-39-85)82-64-52-73(53-65-82)75-56-68-90(69-57-75)94(86-40-22-7-23-41-86,87-42-24-8-25-43-87)88-44-26-9-27-45-88;1-47(2,3)43-28-16-37(17-29-43)34-10-22-40(23-11-34)46(41-24-12-35(13-25-41)38-18-30-44(31-19-38)48(4,5)6)42-26-14-36(15-27-42)39-20-32-45(33-21-39)49(7,8)9/h1-69H;10-33H,1-9H3. The number of rotatable bonds is 27. The minimum atomic E-state index is -2.68. The van der Waals surface area contributed by atoms with Crippen molar-refractivity contribution in [1.29, 1.82) is 0 Å². The van der Waals surface area contributed by atoms with E-state index in [0.717, 1.165) is 56.4 Å². The fourth-order valence-corrected chi connectivity index (χ4v) is 34.1. The first kappa shape index (κ1) is 94.9. The first-order chi connectivity index (χ1) is 69.8. The fourth-order valence-electron chi connectivity index (χ4n) is 21.1. The largest absolute Gasteiger partial charge is 0.311 e. The van der Waals surface area contributed by atoms with Gasteiger partial charge in [-0.15, -0.1) is 0 Å². The second-order valence-electron chi connectivity index (χ2n) is 40.7. The summed E-state index contributed by atoms with van der Waals surface area (Å²) in [5.74, 6) is 0. The number of anilines is 6. The zero-order valence-corrected chi connectivity index (χ0v) is 88.1. The summed E-state index contributed by atoms with van der Waals surface area (Å²) in [5.41, 5.74) is 25.5. The topological polar surface area (TPSA) is 6.48 Å². The van der Waals surface area contributed by atoms with Crippen LogP contribution in [-0.2, 0) is 5.41 Å². The van der Waals surface area contributed by atoms with Gasteiger partial charge in [0.05, 0.1) is 29.6 Å². The van der Waals surface area contributed by atoms with Gasteiger partial charge in [0.1, 0.15) is 0 Å². The molecule has 7 heteroatoms. The number of nitrogens with zero attached hydrogens (tertiary/aromatic N) is 2. The van der Waals surface area contributed by atoms with Gasteiger partial charge in [-0.25, -0.2) is 0 Å². The molecular weight excluding hydrogens is 1800 g/mol. The van der Waals surface area contributed by atoms with Gasteiger partial charge in [-0.1, -0.05) is 566 Å². The van der Waals surface area contributed by atoms with Crippen molar-refractivity contribution >= 4 is 132 Å². The number of hydrogen-bond acceptors (Lipinski definition) is 2. The molecule has 694 valence electrons. The molecule has 0 N–H and O–H groups in total. The molecule has 0 aliphatic heterocycles. The molecule has 0 aliphatic carbocycles. The van der Waals surface area contributed by atoms with Crippen LogP contribution >= 0.6 is 0 Å². The summed E-state index contributed by atoms with van der Waals surface area (Å²) in [4.78, 5) is 4.76. The van der Waals surface area contributed by atoms with Crippen LogP contribution < -0.4 is 66.9 Å². The molecule has 21 rings (SSSR count). The summed E-state index contributed by atoms with van der Waals surface area (Å²) in [6.07, 6.45) is 0. The Morgan fingerprint density at radius 3 is 0.392 bits per heavy atom. The van der Waals surface area contributed by atoms with Gasteiger partial charge in [0, 0.05) is 34.1 Å². The Balaban J connectivity index is 0.000000214. The second-order valence-corrected chi connectivity index (χ2v) is 63.6. The van der Waals surface area contributed by atoms with Crippen molar-refractivity contribution in [1.82, 2.24) is 0 Å². The van der Waals surface area contributed by atoms with E-state index in [0.29, 0.717) is 0 Å². The van der Waals surface area contributed by atoms with Gasteiger partial charge in [0.25, 0.3) is 0 Å². The third-order valence-corrected chi connectivity index (χ3v) is 44.6. The predicted octanol–water partition coefficient (Wildman–Crippen LogP) is 29.1. The summed E-state index contributed by atoms with van der Waals surface area (Å²) >= 11 is 0. The lowest BCUT2D eigenvalue weighted by atomic mass is 9.65. The van der Waals surface area contributed by atoms with Gasteiger partial charge in [-0.05, 0) is 203 Å². The number of hydrogen-bond donors (Lipinski definition) is 0. The van der Waals surface area contributed by atoms with Crippen molar-refractivity contribution in [3.8, 4) is 66.8 Å². The maximum Gasteiger partial charge on any atom is 0.179 e. The van der Waals surface area contributed by atoms with Crippen LogP contribution in [0.2, 0.25) is 58.9 Å². The molecule has 0 heterocycles. The zero-order chi connectivity index (χ0) is 98.0. The van der Waals surface area contributed by atoms with E-state index in [1.54, 1.807) is 0 Å². The molecule has 0 atom stereocenters. The van der Waals surface area contributed by atoms with Gasteiger partial charge in [0.2, 0.25) is 0 Å². The second kappa shape index (κ2) is 41.6. The molecular formula is C136H120N2Si5. The quantitative estimate of drug-likeness (QED) is 0.0374. The molecule has 0 aliphatic rings. The molecule has 0 aromatic heterocycles. The Bertz CT molecular complexity index is 6700. The fraction of sp³-hybridized carbons (Fsp3) is 0.0735. The van der Waals surface area contributed by atoms with E-state index in [1.165, 1.54) is 124 Å². The van der Waals surface area contributed by atoms with Gasteiger partial charge < -0.3 is 9.80 Å². The molecule has 143 heavy (non-hydrogen) atoms. The molecule has 21 aromatic rings. The predicted molar refractivity (Wildman–Crippen MR) is 629 cm³/mol. The van der Waals surface area contributed by atoms with Crippen molar-refractivity contribution in [3.05, 3.63) is 586 Å². The maximum atomic E-state index is 2.40. The molecule has 0 amide bonds. The summed E-state index contributed by atoms with van der Waals surface area (Å²) in [6, 6.07) is 210. The van der Waals surface area contributed by atoms with E-state index >= 15 is 0 Å². The average Bonchev–Trinajstić information content (AvgIpc) is 0.739. The normalized spacial score (nSPS) is 11.8. The van der Waals surface area contributed by atoms with Crippen LogP contribution in [0.25, 0.3) is 66.8 Å². The van der Waals surface area contributed by atoms with Gasteiger partial charge in [-0.2, -0.15) is 0 Å². The van der Waals surface area contributed by atoms with E-state index in [1.807, 2.05) is 0 Å². The Morgan fingerprint density at radius 1 is 0.119 bits per heavy atom. The molecule has 2 nitrogen and oxygen atoms in total. The van der Waals surface area contributed by atoms with Crippen LogP contribution in [0.15, 0.2) is 564 Å². The summed E-state index contributed by atoms with van der Waals surface area (Å²) in [5, 5.41) is 15.4. The van der Waals surface area contributed by atoms with Crippen LogP contribution in [0, 0.1) is 0 Å². The molecule has 0 radical (unpaired) electrons. The van der Waals surface area contributed by atoms with Crippen molar-refractivity contribution in [3.63, 3.8) is 0 Å². The third-order valence-electron chi connectivity index (χ3n) is 28.8. The lowest BCUT2D eigenvalue weighted by Gasteiger charge is -2.37. The van der Waals surface area contributed by atoms with E-state index in [-0.39, 0.29) is 0 Å². The van der Waals surface area contributed by atoms with Crippen LogP contribution in [0.3, 0.4) is 0 Å². The lowest BCUT2D eigenvalue weighted by Crippen LogP contribution is -2.74. The minimum absolute atomic E-state index is 0.522. The monoisotopic (exact) mass is 1920 g/mol. The van der Waals surface area contributed by atoms with Crippen LogP contribution in [0.1, 0.15) is 22.3 Å². The van der Waals surface area contributed by atoms with Crippen molar-refractivity contribution < 1.29 is 0 Å². The van der Waals surface area contributed by atoms with E-state index in [4.69, 9.17) is 0 Å². The van der Waals surface area contributed by atoms with Crippen molar-refractivity contribution in [2.75, 3.05) is 9.80 Å². The van der Waals surface area contributed by atoms with Gasteiger partial charge in [0.15, 0.2) is 16.1 Å².